The van der Waals surface area contributed by atoms with E-state index < -0.39 is 0 Å². The second-order valence-corrected chi connectivity index (χ2v) is 7.72. The van der Waals surface area contributed by atoms with E-state index in [9.17, 15) is 4.79 Å². The first-order valence-electron chi connectivity index (χ1n) is 9.39. The van der Waals surface area contributed by atoms with E-state index in [0.717, 1.165) is 28.2 Å². The quantitative estimate of drug-likeness (QED) is 0.468. The van der Waals surface area contributed by atoms with Crippen LogP contribution in [0.5, 0.6) is 11.5 Å². The third-order valence-electron chi connectivity index (χ3n) is 4.63. The average molecular weight is 415 g/mol. The first kappa shape index (κ1) is 18.3. The van der Waals surface area contributed by atoms with E-state index in [0.29, 0.717) is 28.5 Å². The van der Waals surface area contributed by atoms with Crippen LogP contribution in [-0.4, -0.2) is 27.8 Å². The number of hydrogen-bond acceptors (Lipinski definition) is 6. The molecule has 0 amide bonds. The molecule has 30 heavy (non-hydrogen) atoms. The van der Waals surface area contributed by atoms with E-state index in [1.807, 2.05) is 60.7 Å². The molecule has 2 aromatic carbocycles. The van der Waals surface area contributed by atoms with E-state index in [1.54, 1.807) is 6.08 Å². The van der Waals surface area contributed by atoms with Crippen molar-refractivity contribution >= 4 is 28.4 Å². The predicted octanol–water partition coefficient (Wildman–Crippen LogP) is 3.36. The molecular weight excluding hydrogens is 398 g/mol. The Hall–Kier alpha value is -3.71. The molecule has 148 valence electrons. The molecule has 0 saturated heterocycles. The van der Waals surface area contributed by atoms with Gasteiger partial charge in [0.15, 0.2) is 5.82 Å². The molecule has 0 fully saturated rings. The maximum Gasteiger partial charge on any atom is 0.291 e. The lowest BCUT2D eigenvalue weighted by Gasteiger charge is -2.15. The zero-order valence-corrected chi connectivity index (χ0v) is 16.8. The maximum atomic E-state index is 12.8. The minimum Gasteiger partial charge on any atom is -0.490 e. The molecule has 0 spiro atoms. The molecule has 0 radical (unpaired) electrons. The van der Waals surface area contributed by atoms with Gasteiger partial charge in [-0.15, -0.1) is 5.10 Å². The molecule has 0 N–H and O–H groups in total. The van der Waals surface area contributed by atoms with Gasteiger partial charge < -0.3 is 9.47 Å². The van der Waals surface area contributed by atoms with Crippen LogP contribution < -0.4 is 19.6 Å². The van der Waals surface area contributed by atoms with Crippen LogP contribution in [-0.2, 0) is 0 Å². The molecule has 2 aromatic heterocycles. The van der Waals surface area contributed by atoms with Crippen LogP contribution in [0.25, 0.3) is 28.5 Å². The van der Waals surface area contributed by atoms with Crippen molar-refractivity contribution in [1.29, 1.82) is 0 Å². The van der Waals surface area contributed by atoms with Crippen LogP contribution in [0.15, 0.2) is 71.6 Å². The van der Waals surface area contributed by atoms with Crippen molar-refractivity contribution in [2.45, 2.75) is 0 Å². The van der Waals surface area contributed by atoms with Crippen LogP contribution in [0.1, 0.15) is 5.56 Å². The minimum atomic E-state index is -0.181. The van der Waals surface area contributed by atoms with Crippen LogP contribution in [0.3, 0.4) is 0 Å². The molecule has 7 heteroatoms. The molecule has 0 unspecified atom stereocenters. The molecule has 4 aromatic rings. The molecular formula is C23H17N3O3S. The molecule has 1 aliphatic rings. The van der Waals surface area contributed by atoms with Crippen molar-refractivity contribution in [2.24, 2.45) is 0 Å². The zero-order chi connectivity index (χ0) is 20.5. The van der Waals surface area contributed by atoms with Crippen molar-refractivity contribution in [3.8, 4) is 22.9 Å². The van der Waals surface area contributed by atoms with Gasteiger partial charge in [0.2, 0.25) is 4.96 Å². The van der Waals surface area contributed by atoms with Gasteiger partial charge in [0.1, 0.15) is 24.7 Å². The summed E-state index contributed by atoms with van der Waals surface area (Å²) in [5.74, 6) is 2.10. The molecule has 0 saturated carbocycles. The van der Waals surface area contributed by atoms with Gasteiger partial charge in [-0.3, -0.25) is 4.79 Å². The van der Waals surface area contributed by atoms with Gasteiger partial charge in [-0.1, -0.05) is 42.2 Å². The molecule has 0 aliphatic carbocycles. The highest BCUT2D eigenvalue weighted by Crippen LogP contribution is 2.26. The molecule has 3 heterocycles. The molecule has 0 atom stereocenters. The lowest BCUT2D eigenvalue weighted by Crippen LogP contribution is -2.24. The summed E-state index contributed by atoms with van der Waals surface area (Å²) in [5.41, 5.74) is 2.58. The third-order valence-corrected chi connectivity index (χ3v) is 5.59. The Morgan fingerprint density at radius 2 is 2.03 bits per heavy atom. The summed E-state index contributed by atoms with van der Waals surface area (Å²) in [6.07, 6.45) is 5.58. The Kier molecular flexibility index (Phi) is 4.65. The number of thiazole rings is 1. The number of fused-ring (bicyclic) bond motifs is 2. The zero-order valence-electron chi connectivity index (χ0n) is 15.9. The second-order valence-electron chi connectivity index (χ2n) is 6.72. The highest BCUT2D eigenvalue weighted by molar-refractivity contribution is 7.15. The van der Waals surface area contributed by atoms with Crippen molar-refractivity contribution < 1.29 is 9.47 Å². The number of benzene rings is 2. The number of para-hydroxylation sites is 1. The summed E-state index contributed by atoms with van der Waals surface area (Å²) in [5, 5.41) is 4.40. The fourth-order valence-electron chi connectivity index (χ4n) is 3.20. The Morgan fingerprint density at radius 1 is 1.20 bits per heavy atom. The number of ether oxygens (including phenoxy) is 2. The highest BCUT2D eigenvalue weighted by atomic mass is 32.1. The van der Waals surface area contributed by atoms with Gasteiger partial charge >= 0.3 is 0 Å². The van der Waals surface area contributed by atoms with Gasteiger partial charge in [-0.25, -0.2) is 0 Å². The topological polar surface area (TPSA) is 65.7 Å². The second kappa shape index (κ2) is 7.61. The Labute approximate surface area is 176 Å². The van der Waals surface area contributed by atoms with E-state index in [-0.39, 0.29) is 5.56 Å². The summed E-state index contributed by atoms with van der Waals surface area (Å²) in [6.45, 7) is 4.51. The van der Waals surface area contributed by atoms with Crippen LogP contribution in [0.4, 0.5) is 0 Å². The summed E-state index contributed by atoms with van der Waals surface area (Å²) in [4.78, 5) is 17.9. The summed E-state index contributed by atoms with van der Waals surface area (Å²) in [7, 11) is 0. The van der Waals surface area contributed by atoms with Gasteiger partial charge in [0.25, 0.3) is 5.56 Å². The van der Waals surface area contributed by atoms with Gasteiger partial charge in [-0.05, 0) is 48.1 Å². The summed E-state index contributed by atoms with van der Waals surface area (Å²) >= 11 is 1.32. The Morgan fingerprint density at radius 3 is 2.83 bits per heavy atom. The Bertz CT molecular complexity index is 1380. The number of rotatable bonds is 5. The highest BCUT2D eigenvalue weighted by Gasteiger charge is 2.14. The minimum absolute atomic E-state index is 0.181. The summed E-state index contributed by atoms with van der Waals surface area (Å²) in [6, 6.07) is 15.3. The normalized spacial score (nSPS) is 13.6. The van der Waals surface area contributed by atoms with Crippen molar-refractivity contribution in [2.75, 3.05) is 13.2 Å². The van der Waals surface area contributed by atoms with Crippen LogP contribution >= 0.6 is 11.3 Å². The number of aromatic nitrogens is 3. The summed E-state index contributed by atoms with van der Waals surface area (Å²) < 4.78 is 13.2. The lowest BCUT2D eigenvalue weighted by molar-refractivity contribution is 0.352. The molecule has 1 aliphatic heterocycles. The lowest BCUT2D eigenvalue weighted by atomic mass is 10.1. The number of hydrogen-bond donors (Lipinski definition) is 0. The van der Waals surface area contributed by atoms with Gasteiger partial charge in [-0.2, -0.15) is 9.50 Å². The molecule has 6 nitrogen and oxygen atoms in total. The van der Waals surface area contributed by atoms with Crippen LogP contribution in [0.2, 0.25) is 0 Å². The van der Waals surface area contributed by atoms with Crippen molar-refractivity contribution in [3.05, 3.63) is 87.2 Å². The smallest absolute Gasteiger partial charge is 0.291 e. The van der Waals surface area contributed by atoms with Gasteiger partial charge in [0.05, 0.1) is 4.53 Å². The van der Waals surface area contributed by atoms with E-state index in [4.69, 9.17) is 9.47 Å². The van der Waals surface area contributed by atoms with E-state index in [1.165, 1.54) is 15.9 Å². The SMILES string of the molecule is C=CCOc1ccc(-c2nc3sc(=CC4=Cc5ccccc5OC4)c(=O)n3n2)cc1. The first-order valence-corrected chi connectivity index (χ1v) is 10.2. The molecule has 5 rings (SSSR count). The average Bonchev–Trinajstić information content (AvgIpc) is 3.32. The fraction of sp³-hybridized carbons (Fsp3) is 0.0870. The standard InChI is InChI=1S/C23H17N3O3S/c1-2-11-28-18-9-7-16(8-10-18)21-24-23-26(25-21)22(27)20(30-23)13-15-12-17-5-3-4-6-19(17)29-14-15/h2-10,12-13H,1,11,14H2. The van der Waals surface area contributed by atoms with Crippen molar-refractivity contribution in [1.82, 2.24) is 14.6 Å². The van der Waals surface area contributed by atoms with E-state index >= 15 is 0 Å². The molecule has 0 bridgehead atoms. The van der Waals surface area contributed by atoms with E-state index in [2.05, 4.69) is 16.7 Å². The predicted molar refractivity (Wildman–Crippen MR) is 118 cm³/mol. The Balaban J connectivity index is 1.46. The van der Waals surface area contributed by atoms with Gasteiger partial charge in [0, 0.05) is 11.1 Å². The largest absolute Gasteiger partial charge is 0.490 e. The fourth-order valence-corrected chi connectivity index (χ4v) is 4.12. The number of nitrogens with zero attached hydrogens (tertiary/aromatic N) is 3. The first-order chi connectivity index (χ1) is 14.7. The monoisotopic (exact) mass is 415 g/mol. The third kappa shape index (κ3) is 3.40. The van der Waals surface area contributed by atoms with Crippen LogP contribution in [0, 0.1) is 0 Å². The maximum absolute atomic E-state index is 12.8. The van der Waals surface area contributed by atoms with Crippen molar-refractivity contribution in [3.63, 3.8) is 0 Å².